The molecule has 0 amide bonds. The number of allylic oxidation sites excluding steroid dienone is 1. The van der Waals surface area contributed by atoms with Crippen molar-refractivity contribution >= 4 is 26.7 Å². The van der Waals surface area contributed by atoms with Gasteiger partial charge < -0.3 is 10.2 Å². The van der Waals surface area contributed by atoms with Crippen molar-refractivity contribution in [3.63, 3.8) is 0 Å². The minimum Gasteiger partial charge on any atom is -0.379 e. The minimum atomic E-state index is 0.881. The molecular weight excluding hydrogens is 332 g/mol. The van der Waals surface area contributed by atoms with Crippen molar-refractivity contribution in [2.75, 3.05) is 44.4 Å². The van der Waals surface area contributed by atoms with Crippen molar-refractivity contribution in [2.45, 2.75) is 26.2 Å². The number of benzene rings is 1. The number of rotatable bonds is 6. The Kier molecular flexibility index (Phi) is 5.20. The first-order chi connectivity index (χ1) is 12.3. The van der Waals surface area contributed by atoms with E-state index in [0.717, 1.165) is 62.9 Å². The molecule has 0 spiro atoms. The second-order valence-electron chi connectivity index (χ2n) is 6.66. The van der Waals surface area contributed by atoms with Crippen LogP contribution in [0.3, 0.4) is 0 Å². The van der Waals surface area contributed by atoms with Crippen molar-refractivity contribution in [2.24, 2.45) is 0 Å². The van der Waals surface area contributed by atoms with Crippen molar-refractivity contribution < 1.29 is 4.74 Å². The van der Waals surface area contributed by atoms with Gasteiger partial charge in [0.05, 0.1) is 30.0 Å². The zero-order chi connectivity index (χ0) is 17.1. The van der Waals surface area contributed by atoms with Crippen LogP contribution in [0.1, 0.15) is 26.2 Å². The summed E-state index contributed by atoms with van der Waals surface area (Å²) < 4.78 is 6.67. The number of thiazole rings is 1. The van der Waals surface area contributed by atoms with E-state index in [9.17, 15) is 0 Å². The van der Waals surface area contributed by atoms with Crippen LogP contribution in [-0.2, 0) is 4.74 Å². The summed E-state index contributed by atoms with van der Waals surface area (Å²) in [5, 5.41) is 3.28. The van der Waals surface area contributed by atoms with Gasteiger partial charge in [0, 0.05) is 18.8 Å². The number of nitrogens with one attached hydrogen (secondary N) is 1. The van der Waals surface area contributed by atoms with E-state index in [4.69, 9.17) is 9.72 Å². The van der Waals surface area contributed by atoms with Gasteiger partial charge in [-0.05, 0) is 43.5 Å². The Hall–Kier alpha value is -1.63. The number of para-hydroxylation sites is 1. The lowest BCUT2D eigenvalue weighted by atomic mass is 10.1. The SMILES string of the molecule is CCC1=C(CCCN2CCOCC2)NN(c2nc3ccccc3s2)C1. The lowest BCUT2D eigenvalue weighted by molar-refractivity contribution is 0.0374. The molecule has 25 heavy (non-hydrogen) atoms. The summed E-state index contributed by atoms with van der Waals surface area (Å²) in [5.41, 5.74) is 7.62. The van der Waals surface area contributed by atoms with Crippen molar-refractivity contribution in [3.8, 4) is 0 Å². The highest BCUT2D eigenvalue weighted by Gasteiger charge is 2.23. The van der Waals surface area contributed by atoms with Crippen LogP contribution in [0.2, 0.25) is 0 Å². The third kappa shape index (κ3) is 3.81. The molecule has 2 aliphatic heterocycles. The van der Waals surface area contributed by atoms with Gasteiger partial charge in [0.25, 0.3) is 0 Å². The minimum absolute atomic E-state index is 0.881. The average Bonchev–Trinajstić information content (AvgIpc) is 3.26. The summed E-state index contributed by atoms with van der Waals surface area (Å²) in [7, 11) is 0. The summed E-state index contributed by atoms with van der Waals surface area (Å²) in [5.74, 6) is 0. The summed E-state index contributed by atoms with van der Waals surface area (Å²) >= 11 is 1.76. The molecule has 0 saturated carbocycles. The summed E-state index contributed by atoms with van der Waals surface area (Å²) in [6.45, 7) is 8.27. The summed E-state index contributed by atoms with van der Waals surface area (Å²) in [4.78, 5) is 7.29. The van der Waals surface area contributed by atoms with Gasteiger partial charge in [0.1, 0.15) is 0 Å². The number of morpholine rings is 1. The van der Waals surface area contributed by atoms with Crippen LogP contribution in [0, 0.1) is 0 Å². The van der Waals surface area contributed by atoms with E-state index in [1.165, 1.54) is 22.4 Å². The summed E-state index contributed by atoms with van der Waals surface area (Å²) in [6.07, 6.45) is 3.41. The normalized spacial score (nSPS) is 19.0. The fourth-order valence-corrected chi connectivity index (χ4v) is 4.45. The van der Waals surface area contributed by atoms with Crippen LogP contribution >= 0.6 is 11.3 Å². The van der Waals surface area contributed by atoms with E-state index in [1.54, 1.807) is 11.3 Å². The van der Waals surface area contributed by atoms with E-state index >= 15 is 0 Å². The van der Waals surface area contributed by atoms with Gasteiger partial charge in [-0.1, -0.05) is 30.4 Å². The van der Waals surface area contributed by atoms with E-state index in [2.05, 4.69) is 46.5 Å². The standard InChI is InChI=1S/C19H26N4OS/c1-2-15-14-23(19-20-17-6-3-4-8-18(17)25-19)21-16(15)7-5-9-22-10-12-24-13-11-22/h3-4,6,8,21H,2,5,7,9-14H2,1H3. The lowest BCUT2D eigenvalue weighted by Gasteiger charge is -2.26. The highest BCUT2D eigenvalue weighted by molar-refractivity contribution is 7.22. The van der Waals surface area contributed by atoms with Crippen molar-refractivity contribution in [1.29, 1.82) is 0 Å². The van der Waals surface area contributed by atoms with Gasteiger partial charge in [-0.15, -0.1) is 0 Å². The second kappa shape index (κ2) is 7.72. The van der Waals surface area contributed by atoms with Gasteiger partial charge in [0.15, 0.2) is 0 Å². The molecule has 1 aromatic heterocycles. The van der Waals surface area contributed by atoms with E-state index in [-0.39, 0.29) is 0 Å². The van der Waals surface area contributed by atoms with E-state index in [0.29, 0.717) is 0 Å². The molecule has 2 aromatic rings. The van der Waals surface area contributed by atoms with Crippen molar-refractivity contribution in [1.82, 2.24) is 15.3 Å². The molecule has 0 aliphatic carbocycles. The fourth-order valence-electron chi connectivity index (χ4n) is 3.52. The van der Waals surface area contributed by atoms with Crippen molar-refractivity contribution in [3.05, 3.63) is 35.5 Å². The van der Waals surface area contributed by atoms with Crippen LogP contribution in [0.4, 0.5) is 5.13 Å². The molecule has 4 rings (SSSR count). The first-order valence-electron chi connectivity index (χ1n) is 9.24. The largest absolute Gasteiger partial charge is 0.379 e. The first kappa shape index (κ1) is 16.8. The third-order valence-corrected chi connectivity index (χ3v) is 6.05. The number of fused-ring (bicyclic) bond motifs is 1. The fraction of sp³-hybridized carbons (Fsp3) is 0.526. The van der Waals surface area contributed by atoms with E-state index in [1.807, 2.05) is 0 Å². The Morgan fingerprint density at radius 1 is 1.24 bits per heavy atom. The summed E-state index contributed by atoms with van der Waals surface area (Å²) in [6, 6.07) is 8.36. The maximum Gasteiger partial charge on any atom is 0.205 e. The molecule has 0 bridgehead atoms. The number of aromatic nitrogens is 1. The number of anilines is 1. The smallest absolute Gasteiger partial charge is 0.205 e. The van der Waals surface area contributed by atoms with Crippen LogP contribution < -0.4 is 10.4 Å². The Labute approximate surface area is 153 Å². The molecule has 6 heteroatoms. The number of hydrogen-bond acceptors (Lipinski definition) is 6. The zero-order valence-electron chi connectivity index (χ0n) is 14.8. The van der Waals surface area contributed by atoms with Gasteiger partial charge in [0.2, 0.25) is 5.13 Å². The Morgan fingerprint density at radius 3 is 2.88 bits per heavy atom. The molecule has 3 heterocycles. The highest BCUT2D eigenvalue weighted by atomic mass is 32.1. The first-order valence-corrected chi connectivity index (χ1v) is 10.1. The van der Waals surface area contributed by atoms with Gasteiger partial charge in [-0.3, -0.25) is 9.91 Å². The average molecular weight is 359 g/mol. The number of nitrogens with zero attached hydrogens (tertiary/aromatic N) is 3. The molecule has 0 radical (unpaired) electrons. The topological polar surface area (TPSA) is 40.6 Å². The van der Waals surface area contributed by atoms with Gasteiger partial charge >= 0.3 is 0 Å². The zero-order valence-corrected chi connectivity index (χ0v) is 15.6. The monoisotopic (exact) mass is 358 g/mol. The maximum absolute atomic E-state index is 5.43. The highest BCUT2D eigenvalue weighted by Crippen LogP contribution is 2.31. The van der Waals surface area contributed by atoms with E-state index < -0.39 is 0 Å². The molecule has 1 aromatic carbocycles. The Balaban J connectivity index is 1.36. The number of hydrogen-bond donors (Lipinski definition) is 1. The number of hydrazine groups is 1. The molecule has 5 nitrogen and oxygen atoms in total. The van der Waals surface area contributed by atoms with Gasteiger partial charge in [-0.25, -0.2) is 4.98 Å². The molecule has 0 unspecified atom stereocenters. The predicted molar refractivity (Wildman–Crippen MR) is 104 cm³/mol. The molecule has 134 valence electrons. The Morgan fingerprint density at radius 2 is 2.08 bits per heavy atom. The molecule has 2 aliphatic rings. The predicted octanol–water partition coefficient (Wildman–Crippen LogP) is 3.40. The maximum atomic E-state index is 5.43. The van der Waals surface area contributed by atoms with Crippen LogP contribution in [0.25, 0.3) is 10.2 Å². The molecule has 1 fully saturated rings. The third-order valence-electron chi connectivity index (χ3n) is 4.99. The molecular formula is C19H26N4OS. The number of ether oxygens (including phenoxy) is 1. The molecule has 1 saturated heterocycles. The Bertz CT molecular complexity index is 718. The molecule has 1 N–H and O–H groups in total. The van der Waals surface area contributed by atoms with Crippen LogP contribution in [0.15, 0.2) is 35.5 Å². The quantitative estimate of drug-likeness (QED) is 0.857. The van der Waals surface area contributed by atoms with Crippen LogP contribution in [-0.4, -0.2) is 49.3 Å². The second-order valence-corrected chi connectivity index (χ2v) is 7.66. The lowest BCUT2D eigenvalue weighted by Crippen LogP contribution is -2.37. The molecule has 0 atom stereocenters. The van der Waals surface area contributed by atoms with Gasteiger partial charge in [-0.2, -0.15) is 0 Å². The van der Waals surface area contributed by atoms with Crippen LogP contribution in [0.5, 0.6) is 0 Å².